The minimum absolute atomic E-state index is 0.0439. The summed E-state index contributed by atoms with van der Waals surface area (Å²) in [7, 11) is 0. The highest BCUT2D eigenvalue weighted by atomic mass is 16.5. The van der Waals surface area contributed by atoms with E-state index in [0.29, 0.717) is 34.5 Å². The van der Waals surface area contributed by atoms with Crippen LogP contribution in [0.15, 0.2) is 75.7 Å². The average Bonchev–Trinajstić information content (AvgIpc) is 3.49. The molecule has 33 heavy (non-hydrogen) atoms. The summed E-state index contributed by atoms with van der Waals surface area (Å²) in [4.78, 5) is 28.6. The molecule has 0 saturated carbocycles. The molecule has 2 heterocycles. The monoisotopic (exact) mass is 448 g/mol. The van der Waals surface area contributed by atoms with E-state index in [1.807, 2.05) is 30.3 Å². The number of para-hydroxylation sites is 1. The fourth-order valence-electron chi connectivity index (χ4n) is 2.75. The highest BCUT2D eigenvalue weighted by molar-refractivity contribution is 5.98. The Kier molecular flexibility index (Phi) is 6.64. The van der Waals surface area contributed by atoms with Crippen LogP contribution in [0.2, 0.25) is 0 Å². The highest BCUT2D eigenvalue weighted by Gasteiger charge is 2.14. The van der Waals surface area contributed by atoms with Gasteiger partial charge in [-0.3, -0.25) is 20.4 Å². The first kappa shape index (κ1) is 21.6. The molecule has 2 N–H and O–H groups in total. The van der Waals surface area contributed by atoms with Crippen molar-refractivity contribution in [3.05, 3.63) is 95.5 Å². The molecule has 4 aromatic rings. The maximum atomic E-state index is 12.3. The Morgan fingerprint density at radius 2 is 1.55 bits per heavy atom. The molecule has 2 aromatic carbocycles. The number of furan rings is 1. The predicted octanol–water partition coefficient (Wildman–Crippen LogP) is 3.20. The number of nitrogens with one attached hydrogen (secondary N) is 2. The number of aryl methyl sites for hydroxylation is 1. The topological polar surface area (TPSA) is 129 Å². The van der Waals surface area contributed by atoms with Crippen molar-refractivity contribution in [2.24, 2.45) is 0 Å². The molecular formula is C23H20N4O6. The summed E-state index contributed by atoms with van der Waals surface area (Å²) in [5, 5.41) is 3.74. The molecule has 10 nitrogen and oxygen atoms in total. The van der Waals surface area contributed by atoms with Crippen LogP contribution in [-0.4, -0.2) is 22.0 Å². The van der Waals surface area contributed by atoms with Crippen LogP contribution in [0, 0.1) is 6.92 Å². The normalized spacial score (nSPS) is 10.5. The number of carbonyl (C=O) groups is 2. The smallest absolute Gasteiger partial charge is 0.305 e. The lowest BCUT2D eigenvalue weighted by atomic mass is 10.2. The van der Waals surface area contributed by atoms with Gasteiger partial charge in [0.05, 0.1) is 0 Å². The summed E-state index contributed by atoms with van der Waals surface area (Å²) in [5.41, 5.74) is 4.99. The molecule has 0 fully saturated rings. The second kappa shape index (κ2) is 10.1. The van der Waals surface area contributed by atoms with E-state index in [0.717, 1.165) is 0 Å². The third-order valence-corrected chi connectivity index (χ3v) is 4.35. The van der Waals surface area contributed by atoms with Crippen LogP contribution in [0.5, 0.6) is 11.5 Å². The van der Waals surface area contributed by atoms with E-state index in [9.17, 15) is 9.59 Å². The number of hydrazine groups is 1. The third kappa shape index (κ3) is 5.97. The fourth-order valence-corrected chi connectivity index (χ4v) is 2.75. The first-order valence-electron chi connectivity index (χ1n) is 9.96. The predicted molar refractivity (Wildman–Crippen MR) is 114 cm³/mol. The minimum atomic E-state index is -0.593. The van der Waals surface area contributed by atoms with Gasteiger partial charge in [0.25, 0.3) is 5.91 Å². The molecular weight excluding hydrogens is 428 g/mol. The van der Waals surface area contributed by atoms with Crippen LogP contribution in [-0.2, 0) is 13.2 Å². The Labute approximate surface area is 188 Å². The zero-order chi connectivity index (χ0) is 23.0. The van der Waals surface area contributed by atoms with Gasteiger partial charge in [0.1, 0.15) is 23.9 Å². The summed E-state index contributed by atoms with van der Waals surface area (Å²) in [6.45, 7) is 2.00. The van der Waals surface area contributed by atoms with Crippen LogP contribution in [0.4, 0.5) is 0 Å². The van der Waals surface area contributed by atoms with Crippen LogP contribution < -0.4 is 20.3 Å². The summed E-state index contributed by atoms with van der Waals surface area (Å²) in [5.74, 6) is 1.52. The number of amides is 2. The number of rotatable bonds is 8. The molecule has 0 aliphatic carbocycles. The molecule has 0 aliphatic rings. The Morgan fingerprint density at radius 1 is 0.848 bits per heavy atom. The van der Waals surface area contributed by atoms with E-state index in [4.69, 9.17) is 18.4 Å². The lowest BCUT2D eigenvalue weighted by Crippen LogP contribution is -2.41. The van der Waals surface area contributed by atoms with Gasteiger partial charge >= 0.3 is 5.91 Å². The first-order chi connectivity index (χ1) is 16.1. The average molecular weight is 448 g/mol. The van der Waals surface area contributed by atoms with Gasteiger partial charge in [0, 0.05) is 12.5 Å². The molecule has 0 atom stereocenters. The fraction of sp³-hybridized carbons (Fsp3) is 0.130. The van der Waals surface area contributed by atoms with Crippen molar-refractivity contribution in [3.8, 4) is 11.5 Å². The van der Waals surface area contributed by atoms with Crippen LogP contribution in [0.3, 0.4) is 0 Å². The van der Waals surface area contributed by atoms with Crippen molar-refractivity contribution in [1.82, 2.24) is 21.0 Å². The van der Waals surface area contributed by atoms with Gasteiger partial charge in [-0.2, -0.15) is 4.98 Å². The van der Waals surface area contributed by atoms with Crippen molar-refractivity contribution in [1.29, 1.82) is 0 Å². The van der Waals surface area contributed by atoms with Gasteiger partial charge in [-0.25, -0.2) is 0 Å². The van der Waals surface area contributed by atoms with Crippen LogP contribution >= 0.6 is 0 Å². The van der Waals surface area contributed by atoms with E-state index in [1.54, 1.807) is 37.3 Å². The molecule has 0 aliphatic heterocycles. The molecule has 2 amide bonds. The highest BCUT2D eigenvalue weighted by Crippen LogP contribution is 2.15. The van der Waals surface area contributed by atoms with Crippen molar-refractivity contribution >= 4 is 11.8 Å². The van der Waals surface area contributed by atoms with Gasteiger partial charge in [0.2, 0.25) is 11.7 Å². The number of ether oxygens (including phenoxy) is 2. The lowest BCUT2D eigenvalue weighted by Gasteiger charge is -2.07. The van der Waals surface area contributed by atoms with E-state index in [1.165, 1.54) is 6.07 Å². The van der Waals surface area contributed by atoms with Gasteiger partial charge in [0.15, 0.2) is 12.4 Å². The minimum Gasteiger partial charge on any atom is -0.486 e. The zero-order valence-corrected chi connectivity index (χ0v) is 17.6. The molecule has 2 aromatic heterocycles. The largest absolute Gasteiger partial charge is 0.486 e. The van der Waals surface area contributed by atoms with E-state index < -0.39 is 11.8 Å². The van der Waals surface area contributed by atoms with E-state index in [-0.39, 0.29) is 19.0 Å². The number of hydrogen-bond acceptors (Lipinski definition) is 8. The first-order valence-corrected chi connectivity index (χ1v) is 9.96. The summed E-state index contributed by atoms with van der Waals surface area (Å²) < 4.78 is 21.5. The molecule has 0 radical (unpaired) electrons. The molecule has 168 valence electrons. The number of aromatic nitrogens is 2. The van der Waals surface area contributed by atoms with Gasteiger partial charge in [-0.15, -0.1) is 0 Å². The number of benzene rings is 2. The maximum Gasteiger partial charge on any atom is 0.305 e. The second-order valence-corrected chi connectivity index (χ2v) is 6.82. The van der Waals surface area contributed by atoms with Crippen LogP contribution in [0.25, 0.3) is 0 Å². The van der Waals surface area contributed by atoms with Crippen molar-refractivity contribution < 1.29 is 28.0 Å². The Morgan fingerprint density at radius 3 is 2.27 bits per heavy atom. The number of nitrogens with zero attached hydrogens (tertiary/aromatic N) is 2. The van der Waals surface area contributed by atoms with Crippen LogP contribution in [0.1, 0.15) is 38.4 Å². The Bertz CT molecular complexity index is 1220. The summed E-state index contributed by atoms with van der Waals surface area (Å²) in [6.07, 6.45) is 0. The van der Waals surface area contributed by atoms with Gasteiger partial charge in [-0.1, -0.05) is 23.4 Å². The molecule has 10 heteroatoms. The van der Waals surface area contributed by atoms with Gasteiger partial charge in [-0.05, 0) is 48.5 Å². The quantitative estimate of drug-likeness (QED) is 0.393. The van der Waals surface area contributed by atoms with Crippen molar-refractivity contribution in [2.75, 3.05) is 0 Å². The number of hydrogen-bond donors (Lipinski definition) is 2. The molecule has 0 saturated heterocycles. The van der Waals surface area contributed by atoms with Crippen molar-refractivity contribution in [3.63, 3.8) is 0 Å². The standard InChI is InChI=1S/C23H20N4O6/c1-15-24-21(27-33-15)14-31-18-9-7-16(8-10-18)22(28)25-26-23(29)20-12-11-19(32-20)13-30-17-5-3-2-4-6-17/h2-12H,13-14H2,1H3,(H,25,28)(H,26,29). The Balaban J connectivity index is 1.23. The Hall–Kier alpha value is -4.60. The SMILES string of the molecule is Cc1nc(COc2ccc(C(=O)NNC(=O)c3ccc(COc4ccccc4)o3)cc2)no1. The van der Waals surface area contributed by atoms with E-state index >= 15 is 0 Å². The maximum absolute atomic E-state index is 12.3. The van der Waals surface area contributed by atoms with Gasteiger partial charge < -0.3 is 18.4 Å². The molecule has 4 rings (SSSR count). The summed E-state index contributed by atoms with van der Waals surface area (Å²) in [6, 6.07) is 18.7. The lowest BCUT2D eigenvalue weighted by molar-refractivity contribution is 0.0828. The molecule has 0 spiro atoms. The molecule has 0 unspecified atom stereocenters. The van der Waals surface area contributed by atoms with Crippen molar-refractivity contribution in [2.45, 2.75) is 20.1 Å². The second-order valence-electron chi connectivity index (χ2n) is 6.82. The molecule has 0 bridgehead atoms. The summed E-state index contributed by atoms with van der Waals surface area (Å²) >= 11 is 0. The third-order valence-electron chi connectivity index (χ3n) is 4.35. The number of carbonyl (C=O) groups excluding carboxylic acids is 2. The van der Waals surface area contributed by atoms with E-state index in [2.05, 4.69) is 21.0 Å². The zero-order valence-electron chi connectivity index (χ0n) is 17.6.